The second kappa shape index (κ2) is 8.54. The van der Waals surface area contributed by atoms with Crippen molar-refractivity contribution in [3.05, 3.63) is 29.3 Å². The van der Waals surface area contributed by atoms with Gasteiger partial charge in [0, 0.05) is 12.6 Å². The Morgan fingerprint density at radius 1 is 1.15 bits per heavy atom. The number of carbonyl (C=O) groups excluding carboxylic acids is 2. The lowest BCUT2D eigenvalue weighted by molar-refractivity contribution is -0.126. The fraction of sp³-hybridized carbons (Fsp3) is 0.600. The molecule has 0 radical (unpaired) electrons. The van der Waals surface area contributed by atoms with Crippen LogP contribution in [0.15, 0.2) is 18.2 Å². The van der Waals surface area contributed by atoms with Crippen molar-refractivity contribution < 1.29 is 19.1 Å². The van der Waals surface area contributed by atoms with E-state index in [1.165, 1.54) is 39.9 Å². The van der Waals surface area contributed by atoms with Crippen molar-refractivity contribution in [3.63, 3.8) is 0 Å². The molecular formula is C20H28N2O4. The highest BCUT2D eigenvalue weighted by Crippen LogP contribution is 2.30. The molecule has 1 aromatic rings. The van der Waals surface area contributed by atoms with Gasteiger partial charge in [-0.3, -0.25) is 9.69 Å². The molecule has 1 saturated carbocycles. The molecule has 1 aromatic carbocycles. The molecule has 1 saturated heterocycles. The number of methoxy groups -OCH3 is 2. The van der Waals surface area contributed by atoms with Crippen LogP contribution in [0.4, 0.5) is 0 Å². The largest absolute Gasteiger partial charge is 0.496 e. The number of benzene rings is 1. The van der Waals surface area contributed by atoms with Crippen molar-refractivity contribution in [1.82, 2.24) is 10.2 Å². The number of nitrogens with zero attached hydrogens (tertiary/aromatic N) is 1. The summed E-state index contributed by atoms with van der Waals surface area (Å²) in [4.78, 5) is 27.0. The highest BCUT2D eigenvalue weighted by molar-refractivity contribution is 5.92. The van der Waals surface area contributed by atoms with Crippen LogP contribution in [0.3, 0.4) is 0 Å². The molecule has 2 fully saturated rings. The zero-order chi connectivity index (χ0) is 18.5. The summed E-state index contributed by atoms with van der Waals surface area (Å²) in [6.07, 6.45) is 6.99. The summed E-state index contributed by atoms with van der Waals surface area (Å²) in [6, 6.07) is 5.86. The van der Waals surface area contributed by atoms with Crippen molar-refractivity contribution in [2.24, 2.45) is 0 Å². The molecule has 26 heavy (non-hydrogen) atoms. The minimum absolute atomic E-state index is 0.0172. The van der Waals surface area contributed by atoms with Gasteiger partial charge >= 0.3 is 5.97 Å². The first-order valence-corrected chi connectivity index (χ1v) is 9.42. The van der Waals surface area contributed by atoms with Gasteiger partial charge in [0.1, 0.15) is 11.3 Å². The number of likely N-dealkylation sites (tertiary alicyclic amines) is 1. The predicted molar refractivity (Wildman–Crippen MR) is 98.2 cm³/mol. The van der Waals surface area contributed by atoms with Gasteiger partial charge in [0.15, 0.2) is 0 Å². The zero-order valence-electron chi connectivity index (χ0n) is 15.6. The number of ether oxygens (including phenoxy) is 2. The number of rotatable bonds is 6. The monoisotopic (exact) mass is 360 g/mol. The van der Waals surface area contributed by atoms with Crippen molar-refractivity contribution >= 4 is 11.9 Å². The third-order valence-corrected chi connectivity index (χ3v) is 5.53. The number of amides is 1. The average Bonchev–Trinajstić information content (AvgIpc) is 3.36. The van der Waals surface area contributed by atoms with Gasteiger partial charge in [0.25, 0.3) is 0 Å². The van der Waals surface area contributed by atoms with Gasteiger partial charge < -0.3 is 14.8 Å². The first-order chi connectivity index (χ1) is 12.6. The lowest BCUT2D eigenvalue weighted by atomic mass is 10.1. The van der Waals surface area contributed by atoms with Gasteiger partial charge in [-0.25, -0.2) is 4.79 Å². The summed E-state index contributed by atoms with van der Waals surface area (Å²) in [5.74, 6) is 0.109. The Hall–Kier alpha value is -2.08. The predicted octanol–water partition coefficient (Wildman–Crippen LogP) is 2.50. The zero-order valence-corrected chi connectivity index (χ0v) is 15.6. The van der Waals surface area contributed by atoms with Crippen LogP contribution in [0.5, 0.6) is 5.75 Å². The molecule has 3 rings (SSSR count). The molecule has 0 aromatic heterocycles. The SMILES string of the molecule is COC(=O)c1cc(CNC(=O)C2CCCN2C2CCCC2)ccc1OC. The van der Waals surface area contributed by atoms with Crippen LogP contribution < -0.4 is 10.1 Å². The second-order valence-electron chi connectivity index (χ2n) is 7.08. The topological polar surface area (TPSA) is 67.9 Å². The maximum Gasteiger partial charge on any atom is 0.341 e. The molecule has 6 nitrogen and oxygen atoms in total. The van der Waals surface area contributed by atoms with E-state index in [4.69, 9.17) is 9.47 Å². The average molecular weight is 360 g/mol. The summed E-state index contributed by atoms with van der Waals surface area (Å²) in [5.41, 5.74) is 1.22. The first kappa shape index (κ1) is 18.7. The molecule has 142 valence electrons. The van der Waals surface area contributed by atoms with Crippen LogP contribution in [0.25, 0.3) is 0 Å². The summed E-state index contributed by atoms with van der Waals surface area (Å²) in [5, 5.41) is 3.04. The van der Waals surface area contributed by atoms with E-state index >= 15 is 0 Å². The van der Waals surface area contributed by atoms with Crippen molar-refractivity contribution in [1.29, 1.82) is 0 Å². The second-order valence-corrected chi connectivity index (χ2v) is 7.08. The fourth-order valence-corrected chi connectivity index (χ4v) is 4.19. The smallest absolute Gasteiger partial charge is 0.341 e. The van der Waals surface area contributed by atoms with Crippen LogP contribution >= 0.6 is 0 Å². The van der Waals surface area contributed by atoms with E-state index in [0.717, 1.165) is 24.9 Å². The molecule has 0 spiro atoms. The Morgan fingerprint density at radius 3 is 2.62 bits per heavy atom. The molecule has 1 aliphatic carbocycles. The van der Waals surface area contributed by atoms with Crippen molar-refractivity contribution in [2.75, 3.05) is 20.8 Å². The summed E-state index contributed by atoms with van der Waals surface area (Å²) < 4.78 is 10.0. The third-order valence-electron chi connectivity index (χ3n) is 5.53. The van der Waals surface area contributed by atoms with Crippen LogP contribution in [0.2, 0.25) is 0 Å². The van der Waals surface area contributed by atoms with E-state index in [0.29, 0.717) is 23.9 Å². The number of esters is 1. The van der Waals surface area contributed by atoms with Gasteiger partial charge in [-0.1, -0.05) is 18.9 Å². The number of nitrogens with one attached hydrogen (secondary N) is 1. The Morgan fingerprint density at radius 2 is 1.92 bits per heavy atom. The van der Waals surface area contributed by atoms with E-state index in [-0.39, 0.29) is 11.9 Å². The third kappa shape index (κ3) is 4.01. The molecule has 2 aliphatic rings. The van der Waals surface area contributed by atoms with Gasteiger partial charge in [0.2, 0.25) is 5.91 Å². The minimum atomic E-state index is -0.446. The van der Waals surface area contributed by atoms with Gasteiger partial charge in [-0.2, -0.15) is 0 Å². The van der Waals surface area contributed by atoms with E-state index in [9.17, 15) is 9.59 Å². The Kier molecular flexibility index (Phi) is 6.14. The summed E-state index contributed by atoms with van der Waals surface area (Å²) in [6.45, 7) is 1.42. The summed E-state index contributed by atoms with van der Waals surface area (Å²) in [7, 11) is 2.86. The fourth-order valence-electron chi connectivity index (χ4n) is 4.19. The molecule has 1 atom stereocenters. The highest BCUT2D eigenvalue weighted by Gasteiger charge is 2.36. The maximum atomic E-state index is 12.7. The van der Waals surface area contributed by atoms with Gasteiger partial charge in [-0.15, -0.1) is 0 Å². The quantitative estimate of drug-likeness (QED) is 0.790. The first-order valence-electron chi connectivity index (χ1n) is 9.42. The van der Waals surface area contributed by atoms with E-state index in [2.05, 4.69) is 10.2 Å². The lowest BCUT2D eigenvalue weighted by Gasteiger charge is -2.29. The maximum absolute atomic E-state index is 12.7. The molecular weight excluding hydrogens is 332 g/mol. The van der Waals surface area contributed by atoms with Crippen LogP contribution in [-0.4, -0.2) is 49.6 Å². The standard InChI is InChI=1S/C20H28N2O4/c1-25-18-10-9-14(12-16(18)20(24)26-2)13-21-19(23)17-8-5-11-22(17)15-6-3-4-7-15/h9-10,12,15,17H,3-8,11,13H2,1-2H3,(H,21,23). The number of hydrogen-bond donors (Lipinski definition) is 1. The number of hydrogen-bond acceptors (Lipinski definition) is 5. The highest BCUT2D eigenvalue weighted by atomic mass is 16.5. The van der Waals surface area contributed by atoms with E-state index in [1.54, 1.807) is 12.1 Å². The lowest BCUT2D eigenvalue weighted by Crippen LogP contribution is -2.46. The van der Waals surface area contributed by atoms with Crippen LogP contribution in [-0.2, 0) is 16.1 Å². The van der Waals surface area contributed by atoms with Gasteiger partial charge in [-0.05, 0) is 49.9 Å². The summed E-state index contributed by atoms with van der Waals surface area (Å²) >= 11 is 0. The van der Waals surface area contributed by atoms with Crippen LogP contribution in [0, 0.1) is 0 Å². The van der Waals surface area contributed by atoms with Crippen molar-refractivity contribution in [3.8, 4) is 5.75 Å². The van der Waals surface area contributed by atoms with E-state index < -0.39 is 5.97 Å². The normalized spacial score (nSPS) is 20.9. The molecule has 1 amide bonds. The molecule has 0 bridgehead atoms. The van der Waals surface area contributed by atoms with Gasteiger partial charge in [0.05, 0.1) is 20.3 Å². The van der Waals surface area contributed by atoms with E-state index in [1.807, 2.05) is 6.07 Å². The minimum Gasteiger partial charge on any atom is -0.496 e. The molecule has 1 aliphatic heterocycles. The Balaban J connectivity index is 1.63. The number of carbonyl (C=O) groups is 2. The van der Waals surface area contributed by atoms with Crippen molar-refractivity contribution in [2.45, 2.75) is 57.2 Å². The molecule has 6 heteroatoms. The Labute approximate surface area is 154 Å². The molecule has 1 unspecified atom stereocenters. The molecule has 1 heterocycles. The Bertz CT molecular complexity index is 655. The van der Waals surface area contributed by atoms with Crippen LogP contribution in [0.1, 0.15) is 54.4 Å². The molecule has 1 N–H and O–H groups in total.